The van der Waals surface area contributed by atoms with Crippen molar-refractivity contribution in [3.05, 3.63) is 0 Å². The minimum atomic E-state index is -3.12. The van der Waals surface area contributed by atoms with Gasteiger partial charge in [-0.1, -0.05) is 201 Å². The molecular weight excluding hydrogens is 563 g/mol. The lowest BCUT2D eigenvalue weighted by Gasteiger charge is -2.20. The Morgan fingerprint density at radius 2 is 0.750 bits per heavy atom. The van der Waals surface area contributed by atoms with Crippen LogP contribution >= 0.6 is 7.37 Å². The highest BCUT2D eigenvalue weighted by atomic mass is 31.2. The first-order chi connectivity index (χ1) is 21.6. The van der Waals surface area contributed by atoms with E-state index in [0.29, 0.717) is 19.4 Å². The Morgan fingerprint density at radius 3 is 1.07 bits per heavy atom. The summed E-state index contributed by atoms with van der Waals surface area (Å²) in [6, 6.07) is 0. The standard InChI is InChI=1S/C39H81O4P/c1-4-7-9-11-13-15-17-19-21-22-23-25-27-29-31-33-35-42-37-39(38-44(40,41)6-3)43-36-34-32-30-28-26-24-20-18-16-14-12-10-8-5-2/h39H,4-38H2,1-3H3,(H,40,41). The molecule has 0 aliphatic carbocycles. The van der Waals surface area contributed by atoms with Gasteiger partial charge in [0.1, 0.15) is 0 Å². The Kier molecular flexibility index (Phi) is 36.0. The van der Waals surface area contributed by atoms with E-state index in [-0.39, 0.29) is 12.3 Å². The fourth-order valence-electron chi connectivity index (χ4n) is 6.11. The van der Waals surface area contributed by atoms with Gasteiger partial charge in [0.15, 0.2) is 0 Å². The second-order valence-corrected chi connectivity index (χ2v) is 16.5. The summed E-state index contributed by atoms with van der Waals surface area (Å²) >= 11 is 0. The Labute approximate surface area is 277 Å². The van der Waals surface area contributed by atoms with Crippen LogP contribution in [0.2, 0.25) is 0 Å². The van der Waals surface area contributed by atoms with E-state index in [1.54, 1.807) is 6.92 Å². The lowest BCUT2D eigenvalue weighted by Crippen LogP contribution is -2.25. The van der Waals surface area contributed by atoms with E-state index in [1.165, 1.54) is 180 Å². The van der Waals surface area contributed by atoms with Gasteiger partial charge in [0.05, 0.1) is 18.9 Å². The minimum Gasteiger partial charge on any atom is -0.379 e. The van der Waals surface area contributed by atoms with Crippen LogP contribution in [0.15, 0.2) is 0 Å². The van der Waals surface area contributed by atoms with Gasteiger partial charge in [0.2, 0.25) is 7.37 Å². The summed E-state index contributed by atoms with van der Waals surface area (Å²) in [6.45, 7) is 8.22. The molecule has 5 heteroatoms. The van der Waals surface area contributed by atoms with Gasteiger partial charge >= 0.3 is 0 Å². The van der Waals surface area contributed by atoms with Crippen LogP contribution in [0.25, 0.3) is 0 Å². The van der Waals surface area contributed by atoms with Crippen LogP contribution in [0.5, 0.6) is 0 Å². The summed E-state index contributed by atoms with van der Waals surface area (Å²) in [7, 11) is -3.12. The van der Waals surface area contributed by atoms with Crippen LogP contribution in [0.1, 0.15) is 213 Å². The molecule has 4 nitrogen and oxygen atoms in total. The second-order valence-electron chi connectivity index (χ2n) is 13.8. The Morgan fingerprint density at radius 1 is 0.455 bits per heavy atom. The van der Waals surface area contributed by atoms with Gasteiger partial charge in [-0.3, -0.25) is 4.57 Å². The summed E-state index contributed by atoms with van der Waals surface area (Å²) in [5.74, 6) is 0. The van der Waals surface area contributed by atoms with Gasteiger partial charge in [-0.2, -0.15) is 0 Å². The zero-order valence-electron chi connectivity index (χ0n) is 30.4. The second kappa shape index (κ2) is 36.0. The maximum Gasteiger partial charge on any atom is 0.203 e. The Bertz CT molecular complexity index is 584. The third-order valence-electron chi connectivity index (χ3n) is 9.28. The summed E-state index contributed by atoms with van der Waals surface area (Å²) in [4.78, 5) is 10.2. The van der Waals surface area contributed by atoms with E-state index < -0.39 is 7.37 Å². The molecule has 0 aromatic carbocycles. The smallest absolute Gasteiger partial charge is 0.203 e. The summed E-state index contributed by atoms with van der Waals surface area (Å²) in [5.41, 5.74) is 0. The Hall–Kier alpha value is 0.110. The molecule has 0 aliphatic rings. The molecule has 0 radical (unpaired) electrons. The van der Waals surface area contributed by atoms with E-state index in [0.717, 1.165) is 19.4 Å². The first-order valence-electron chi connectivity index (χ1n) is 20.1. The highest BCUT2D eigenvalue weighted by molar-refractivity contribution is 7.58. The maximum absolute atomic E-state index is 12.4. The van der Waals surface area contributed by atoms with Crippen molar-refractivity contribution in [2.24, 2.45) is 0 Å². The molecule has 0 saturated heterocycles. The van der Waals surface area contributed by atoms with Crippen molar-refractivity contribution in [3.8, 4) is 0 Å². The van der Waals surface area contributed by atoms with E-state index in [2.05, 4.69) is 13.8 Å². The molecule has 2 atom stereocenters. The summed E-state index contributed by atoms with van der Waals surface area (Å²) in [6.07, 6.45) is 41.0. The van der Waals surface area contributed by atoms with Crippen LogP contribution in [-0.2, 0) is 14.0 Å². The topological polar surface area (TPSA) is 55.8 Å². The molecule has 0 bridgehead atoms. The largest absolute Gasteiger partial charge is 0.379 e. The molecule has 0 saturated carbocycles. The quantitative estimate of drug-likeness (QED) is 0.0537. The molecule has 0 fully saturated rings. The van der Waals surface area contributed by atoms with Crippen molar-refractivity contribution < 1.29 is 18.9 Å². The predicted molar refractivity (Wildman–Crippen MR) is 196 cm³/mol. The van der Waals surface area contributed by atoms with Crippen LogP contribution < -0.4 is 0 Å². The van der Waals surface area contributed by atoms with E-state index in [9.17, 15) is 9.46 Å². The molecule has 0 rings (SSSR count). The Balaban J connectivity index is 3.66. The molecule has 0 aromatic heterocycles. The molecule has 0 spiro atoms. The number of unbranched alkanes of at least 4 members (excludes halogenated alkanes) is 28. The lowest BCUT2D eigenvalue weighted by molar-refractivity contribution is -0.00792. The molecule has 0 amide bonds. The highest BCUT2D eigenvalue weighted by Crippen LogP contribution is 2.40. The fourth-order valence-corrected chi connectivity index (χ4v) is 7.22. The minimum absolute atomic E-state index is 0.223. The molecule has 44 heavy (non-hydrogen) atoms. The zero-order valence-corrected chi connectivity index (χ0v) is 31.3. The normalized spacial score (nSPS) is 13.8. The number of hydrogen-bond acceptors (Lipinski definition) is 3. The number of ether oxygens (including phenoxy) is 2. The first-order valence-corrected chi connectivity index (χ1v) is 22.1. The molecule has 1 N–H and O–H groups in total. The third-order valence-corrected chi connectivity index (χ3v) is 11.2. The van der Waals surface area contributed by atoms with Gasteiger partial charge in [-0.25, -0.2) is 0 Å². The first kappa shape index (κ1) is 44.1. The number of rotatable bonds is 38. The third kappa shape index (κ3) is 35.0. The van der Waals surface area contributed by atoms with Crippen molar-refractivity contribution in [2.75, 3.05) is 32.1 Å². The molecule has 0 aliphatic heterocycles. The average molecular weight is 645 g/mol. The van der Waals surface area contributed by atoms with Gasteiger partial charge in [0, 0.05) is 19.4 Å². The van der Waals surface area contributed by atoms with Crippen molar-refractivity contribution in [2.45, 2.75) is 219 Å². The van der Waals surface area contributed by atoms with Crippen molar-refractivity contribution in [3.63, 3.8) is 0 Å². The fraction of sp³-hybridized carbons (Fsp3) is 1.00. The SMILES string of the molecule is CCCCCCCCCCCCCCCCCCOCC(CP(=O)(O)CC)OCCCCCCCCCCCCCCCC. The molecule has 266 valence electrons. The van der Waals surface area contributed by atoms with Crippen molar-refractivity contribution >= 4 is 7.37 Å². The predicted octanol–water partition coefficient (Wildman–Crippen LogP) is 13.4. The molecule has 0 heterocycles. The van der Waals surface area contributed by atoms with Gasteiger partial charge in [0.25, 0.3) is 0 Å². The van der Waals surface area contributed by atoms with Crippen LogP contribution in [-0.4, -0.2) is 43.1 Å². The van der Waals surface area contributed by atoms with Crippen molar-refractivity contribution in [1.29, 1.82) is 0 Å². The van der Waals surface area contributed by atoms with Crippen LogP contribution in [0, 0.1) is 0 Å². The molecular formula is C39H81O4P. The van der Waals surface area contributed by atoms with Gasteiger partial charge < -0.3 is 14.4 Å². The lowest BCUT2D eigenvalue weighted by atomic mass is 10.0. The van der Waals surface area contributed by atoms with E-state index in [4.69, 9.17) is 9.47 Å². The van der Waals surface area contributed by atoms with Gasteiger partial charge in [-0.05, 0) is 12.8 Å². The monoisotopic (exact) mass is 645 g/mol. The summed E-state index contributed by atoms with van der Waals surface area (Å²) in [5, 5.41) is 0. The van der Waals surface area contributed by atoms with Crippen LogP contribution in [0.3, 0.4) is 0 Å². The molecule has 0 aromatic rings. The van der Waals surface area contributed by atoms with Crippen LogP contribution in [0.4, 0.5) is 0 Å². The zero-order chi connectivity index (χ0) is 32.2. The maximum atomic E-state index is 12.4. The van der Waals surface area contributed by atoms with E-state index in [1.807, 2.05) is 0 Å². The summed E-state index contributed by atoms with van der Waals surface area (Å²) < 4.78 is 24.4. The van der Waals surface area contributed by atoms with Crippen molar-refractivity contribution in [1.82, 2.24) is 0 Å². The average Bonchev–Trinajstić information content (AvgIpc) is 3.02. The highest BCUT2D eigenvalue weighted by Gasteiger charge is 2.23. The molecule has 2 unspecified atom stereocenters. The van der Waals surface area contributed by atoms with E-state index >= 15 is 0 Å². The number of hydrogen-bond donors (Lipinski definition) is 1. The van der Waals surface area contributed by atoms with Gasteiger partial charge in [-0.15, -0.1) is 0 Å².